The first-order chi connectivity index (χ1) is 11.1. The fourth-order valence-corrected chi connectivity index (χ4v) is 3.06. The number of thiophene rings is 1. The Morgan fingerprint density at radius 2 is 1.87 bits per heavy atom. The number of isothiocyanates is 1. The van der Waals surface area contributed by atoms with Gasteiger partial charge in [-0.3, -0.25) is 0 Å². The molecule has 0 amide bonds. The number of thiocarbonyl (C=S) groups is 1. The molecule has 0 fully saturated rings. The van der Waals surface area contributed by atoms with Gasteiger partial charge in [-0.25, -0.2) is 8.78 Å². The standard InChI is InChI=1S/C18H15F2NS2/c1-2-3-4-5-14-6-7-15(23-14)8-9-16-17(19)10-13(21-12-22)11-18(16)20/h6-7,10-11H,2-5H2,1H3. The van der Waals surface area contributed by atoms with E-state index in [1.165, 1.54) is 17.7 Å². The summed E-state index contributed by atoms with van der Waals surface area (Å²) in [5, 5.41) is 2.08. The fourth-order valence-electron chi connectivity index (χ4n) is 2.05. The van der Waals surface area contributed by atoms with E-state index in [1.54, 1.807) is 11.3 Å². The number of aryl methyl sites for hydroxylation is 1. The summed E-state index contributed by atoms with van der Waals surface area (Å²) in [5.74, 6) is 3.90. The maximum absolute atomic E-state index is 13.9. The Kier molecular flexibility index (Phi) is 6.61. The molecule has 0 spiro atoms. The van der Waals surface area contributed by atoms with Gasteiger partial charge in [-0.2, -0.15) is 4.99 Å². The van der Waals surface area contributed by atoms with Crippen LogP contribution in [-0.4, -0.2) is 5.16 Å². The average Bonchev–Trinajstić information content (AvgIpc) is 2.95. The zero-order valence-corrected chi connectivity index (χ0v) is 14.3. The van der Waals surface area contributed by atoms with Gasteiger partial charge in [0.25, 0.3) is 0 Å². The van der Waals surface area contributed by atoms with Crippen LogP contribution in [0.5, 0.6) is 0 Å². The molecule has 118 valence electrons. The summed E-state index contributed by atoms with van der Waals surface area (Å²) in [4.78, 5) is 5.61. The average molecular weight is 347 g/mol. The Bertz CT molecular complexity index is 770. The van der Waals surface area contributed by atoms with E-state index in [2.05, 4.69) is 41.1 Å². The molecule has 2 rings (SSSR count). The molecule has 23 heavy (non-hydrogen) atoms. The van der Waals surface area contributed by atoms with Gasteiger partial charge in [0.15, 0.2) is 0 Å². The van der Waals surface area contributed by atoms with Crippen molar-refractivity contribution in [1.82, 2.24) is 0 Å². The van der Waals surface area contributed by atoms with Crippen molar-refractivity contribution < 1.29 is 8.78 Å². The lowest BCUT2D eigenvalue weighted by Gasteiger charge is -1.98. The summed E-state index contributed by atoms with van der Waals surface area (Å²) >= 11 is 5.99. The Labute approximate surface area is 144 Å². The molecule has 0 aliphatic carbocycles. The molecule has 0 radical (unpaired) electrons. The highest BCUT2D eigenvalue weighted by Gasteiger charge is 2.09. The summed E-state index contributed by atoms with van der Waals surface area (Å²) in [6, 6.07) is 6.10. The largest absolute Gasteiger partial charge is 0.205 e. The molecule has 0 N–H and O–H groups in total. The Morgan fingerprint density at radius 1 is 1.13 bits per heavy atom. The van der Waals surface area contributed by atoms with Crippen molar-refractivity contribution >= 4 is 34.4 Å². The third-order valence-corrected chi connectivity index (χ3v) is 4.35. The molecular weight excluding hydrogens is 332 g/mol. The third-order valence-electron chi connectivity index (χ3n) is 3.20. The Hall–Kier alpha value is -1.86. The second-order valence-electron chi connectivity index (χ2n) is 4.96. The molecule has 0 saturated carbocycles. The molecular formula is C18H15F2NS2. The number of hydrogen-bond donors (Lipinski definition) is 0. The molecule has 0 atom stereocenters. The van der Waals surface area contributed by atoms with E-state index in [9.17, 15) is 8.78 Å². The van der Waals surface area contributed by atoms with E-state index in [0.717, 1.165) is 29.9 Å². The topological polar surface area (TPSA) is 12.4 Å². The normalized spacial score (nSPS) is 9.87. The molecule has 5 heteroatoms. The van der Waals surface area contributed by atoms with Gasteiger partial charge in [-0.15, -0.1) is 11.3 Å². The van der Waals surface area contributed by atoms with Gasteiger partial charge < -0.3 is 0 Å². The number of halogens is 2. The van der Waals surface area contributed by atoms with Crippen LogP contribution < -0.4 is 0 Å². The molecule has 1 nitrogen and oxygen atoms in total. The zero-order chi connectivity index (χ0) is 16.7. The van der Waals surface area contributed by atoms with E-state index in [4.69, 9.17) is 0 Å². The SMILES string of the molecule is CCCCCc1ccc(C#Cc2c(F)cc(N=C=S)cc2F)s1. The number of benzene rings is 1. The van der Waals surface area contributed by atoms with Crippen LogP contribution in [0, 0.1) is 23.5 Å². The molecule has 0 bridgehead atoms. The lowest BCUT2D eigenvalue weighted by molar-refractivity contribution is 0.578. The summed E-state index contributed by atoms with van der Waals surface area (Å²) in [6.45, 7) is 2.16. The molecule has 0 saturated heterocycles. The van der Waals surface area contributed by atoms with Crippen molar-refractivity contribution in [2.45, 2.75) is 32.6 Å². The lowest BCUT2D eigenvalue weighted by Crippen LogP contribution is -1.89. The number of aliphatic imine (C=N–C) groups is 1. The van der Waals surface area contributed by atoms with Gasteiger partial charge in [0, 0.05) is 17.0 Å². The maximum atomic E-state index is 13.9. The van der Waals surface area contributed by atoms with Gasteiger partial charge in [-0.05, 0) is 37.2 Å². The summed E-state index contributed by atoms with van der Waals surface area (Å²) in [5.41, 5.74) is -0.163. The first kappa shape index (κ1) is 17.5. The van der Waals surface area contributed by atoms with Crippen LogP contribution in [0.4, 0.5) is 14.5 Å². The summed E-state index contributed by atoms with van der Waals surface area (Å²) in [6.07, 6.45) is 4.55. The van der Waals surface area contributed by atoms with Crippen LogP contribution >= 0.6 is 23.6 Å². The Balaban J connectivity index is 2.17. The number of hydrogen-bond acceptors (Lipinski definition) is 3. The van der Waals surface area contributed by atoms with Crippen LogP contribution in [0.15, 0.2) is 29.3 Å². The second kappa shape index (κ2) is 8.69. The number of rotatable bonds is 5. The highest BCUT2D eigenvalue weighted by molar-refractivity contribution is 7.78. The molecule has 0 aliphatic heterocycles. The van der Waals surface area contributed by atoms with E-state index >= 15 is 0 Å². The first-order valence-electron chi connectivity index (χ1n) is 7.31. The highest BCUT2D eigenvalue weighted by Crippen LogP contribution is 2.21. The van der Waals surface area contributed by atoms with Crippen molar-refractivity contribution in [3.63, 3.8) is 0 Å². The predicted molar refractivity (Wildman–Crippen MR) is 94.6 cm³/mol. The number of nitrogens with zero attached hydrogens (tertiary/aromatic N) is 1. The second-order valence-corrected chi connectivity index (χ2v) is 6.31. The van der Waals surface area contributed by atoms with Crippen LogP contribution in [0.2, 0.25) is 0 Å². The minimum Gasteiger partial charge on any atom is -0.205 e. The van der Waals surface area contributed by atoms with Crippen molar-refractivity contribution in [1.29, 1.82) is 0 Å². The van der Waals surface area contributed by atoms with Crippen LogP contribution in [0.25, 0.3) is 0 Å². The zero-order valence-electron chi connectivity index (χ0n) is 12.7. The van der Waals surface area contributed by atoms with E-state index in [0.29, 0.717) is 0 Å². The summed E-state index contributed by atoms with van der Waals surface area (Å²) < 4.78 is 27.8. The van der Waals surface area contributed by atoms with Crippen molar-refractivity contribution in [2.75, 3.05) is 0 Å². The first-order valence-corrected chi connectivity index (χ1v) is 8.54. The van der Waals surface area contributed by atoms with Gasteiger partial charge in [-0.1, -0.05) is 31.6 Å². The minimum atomic E-state index is -0.749. The van der Waals surface area contributed by atoms with Crippen LogP contribution in [0.3, 0.4) is 0 Å². The molecule has 0 unspecified atom stereocenters. The minimum absolute atomic E-state index is 0.0925. The van der Waals surface area contributed by atoms with Crippen molar-refractivity contribution in [3.05, 3.63) is 51.2 Å². The van der Waals surface area contributed by atoms with E-state index in [1.807, 2.05) is 12.1 Å². The van der Waals surface area contributed by atoms with E-state index < -0.39 is 11.6 Å². The number of unbranched alkanes of at least 4 members (excludes halogenated alkanes) is 2. The third kappa shape index (κ3) is 5.07. The quantitative estimate of drug-likeness (QED) is 0.284. The molecule has 2 aromatic rings. The maximum Gasteiger partial charge on any atom is 0.143 e. The molecule has 0 aliphatic rings. The summed E-state index contributed by atoms with van der Waals surface area (Å²) in [7, 11) is 0. The monoisotopic (exact) mass is 347 g/mol. The van der Waals surface area contributed by atoms with Crippen LogP contribution in [-0.2, 0) is 6.42 Å². The highest BCUT2D eigenvalue weighted by atomic mass is 32.1. The lowest BCUT2D eigenvalue weighted by atomic mass is 10.1. The molecule has 1 heterocycles. The smallest absolute Gasteiger partial charge is 0.143 e. The molecule has 1 aromatic heterocycles. The van der Waals surface area contributed by atoms with Gasteiger partial charge in [0.2, 0.25) is 0 Å². The van der Waals surface area contributed by atoms with Crippen molar-refractivity contribution in [3.8, 4) is 11.8 Å². The Morgan fingerprint density at radius 3 is 2.52 bits per heavy atom. The molecule has 1 aromatic carbocycles. The predicted octanol–water partition coefficient (Wildman–Crippen LogP) is 5.89. The van der Waals surface area contributed by atoms with Crippen molar-refractivity contribution in [2.24, 2.45) is 4.99 Å². The van der Waals surface area contributed by atoms with Gasteiger partial charge >= 0.3 is 0 Å². The van der Waals surface area contributed by atoms with Gasteiger partial charge in [0.1, 0.15) is 11.6 Å². The van der Waals surface area contributed by atoms with E-state index in [-0.39, 0.29) is 11.3 Å². The fraction of sp³-hybridized carbons (Fsp3) is 0.278. The van der Waals surface area contributed by atoms with Gasteiger partial charge in [0.05, 0.1) is 21.3 Å². The van der Waals surface area contributed by atoms with Crippen LogP contribution in [0.1, 0.15) is 41.5 Å².